The Hall–Kier alpha value is -2.79. The van der Waals surface area contributed by atoms with E-state index in [0.717, 1.165) is 9.58 Å². The third kappa shape index (κ3) is 4.36. The van der Waals surface area contributed by atoms with Crippen LogP contribution in [0.2, 0.25) is 0 Å². The van der Waals surface area contributed by atoms with Gasteiger partial charge in [-0.2, -0.15) is 0 Å². The first kappa shape index (κ1) is 20.5. The van der Waals surface area contributed by atoms with Gasteiger partial charge in [-0.1, -0.05) is 23.5 Å². The molecule has 0 radical (unpaired) electrons. The van der Waals surface area contributed by atoms with E-state index in [0.29, 0.717) is 22.0 Å². The van der Waals surface area contributed by atoms with Gasteiger partial charge in [-0.15, -0.1) is 11.3 Å². The molecule has 4 aromatic rings. The summed E-state index contributed by atoms with van der Waals surface area (Å²) in [4.78, 5) is 18.0. The van der Waals surface area contributed by atoms with E-state index in [2.05, 4.69) is 15.0 Å². The fourth-order valence-electron chi connectivity index (χ4n) is 2.76. The number of nitrogens with one attached hydrogen (secondary N) is 2. The first-order chi connectivity index (χ1) is 14.5. The highest BCUT2D eigenvalue weighted by molar-refractivity contribution is 7.89. The van der Waals surface area contributed by atoms with E-state index in [1.165, 1.54) is 46.9 Å². The zero-order valence-electron chi connectivity index (χ0n) is 15.8. The number of hydrogen-bond donors (Lipinski definition) is 2. The molecular formula is C20H17N3O4S3. The van der Waals surface area contributed by atoms with Crippen LogP contribution in [-0.2, 0) is 16.6 Å². The van der Waals surface area contributed by atoms with Crippen molar-refractivity contribution in [3.63, 3.8) is 0 Å². The average Bonchev–Trinajstić information content (AvgIpc) is 3.41. The van der Waals surface area contributed by atoms with Gasteiger partial charge in [0, 0.05) is 17.0 Å². The van der Waals surface area contributed by atoms with Crippen LogP contribution in [0.4, 0.5) is 5.13 Å². The van der Waals surface area contributed by atoms with Crippen molar-refractivity contribution in [3.8, 4) is 5.75 Å². The number of thiazole rings is 1. The Balaban J connectivity index is 1.46. The normalized spacial score (nSPS) is 11.5. The predicted molar refractivity (Wildman–Crippen MR) is 119 cm³/mol. The molecule has 30 heavy (non-hydrogen) atoms. The number of carbonyl (C=O) groups is 1. The summed E-state index contributed by atoms with van der Waals surface area (Å²) < 4.78 is 33.6. The zero-order valence-corrected chi connectivity index (χ0v) is 18.2. The number of anilines is 1. The molecule has 2 aromatic carbocycles. The van der Waals surface area contributed by atoms with Crippen LogP contribution in [0, 0.1) is 0 Å². The van der Waals surface area contributed by atoms with Crippen molar-refractivity contribution in [3.05, 3.63) is 70.4 Å². The topological polar surface area (TPSA) is 97.4 Å². The summed E-state index contributed by atoms with van der Waals surface area (Å²) in [5.41, 5.74) is 1.01. The van der Waals surface area contributed by atoms with E-state index < -0.39 is 10.0 Å². The Kier molecular flexibility index (Phi) is 5.82. The molecule has 4 rings (SSSR count). The number of benzene rings is 2. The zero-order chi connectivity index (χ0) is 21.1. The number of thiophene rings is 1. The van der Waals surface area contributed by atoms with Crippen LogP contribution in [0.15, 0.2) is 64.9 Å². The van der Waals surface area contributed by atoms with Gasteiger partial charge >= 0.3 is 0 Å². The van der Waals surface area contributed by atoms with Crippen molar-refractivity contribution in [2.45, 2.75) is 11.4 Å². The molecule has 0 aliphatic carbocycles. The third-order valence-electron chi connectivity index (χ3n) is 4.27. The Bertz CT molecular complexity index is 1280. The molecule has 0 saturated carbocycles. The maximum Gasteiger partial charge on any atom is 0.257 e. The largest absolute Gasteiger partial charge is 0.494 e. The lowest BCUT2D eigenvalue weighted by Gasteiger charge is -2.07. The fraction of sp³-hybridized carbons (Fsp3) is 0.100. The molecule has 7 nitrogen and oxygen atoms in total. The van der Waals surface area contributed by atoms with Gasteiger partial charge in [0.15, 0.2) is 5.13 Å². The van der Waals surface area contributed by atoms with Gasteiger partial charge in [-0.3, -0.25) is 10.1 Å². The number of carbonyl (C=O) groups excluding carboxylic acids is 1. The molecule has 0 saturated heterocycles. The summed E-state index contributed by atoms with van der Waals surface area (Å²) in [6.07, 6.45) is 0. The molecule has 0 aliphatic heterocycles. The Labute approximate surface area is 181 Å². The van der Waals surface area contributed by atoms with E-state index >= 15 is 0 Å². The number of para-hydroxylation sites is 1. The molecule has 2 N–H and O–H groups in total. The molecule has 0 bridgehead atoms. The lowest BCUT2D eigenvalue weighted by molar-refractivity contribution is 0.102. The summed E-state index contributed by atoms with van der Waals surface area (Å²) in [6.45, 7) is 0.226. The van der Waals surface area contributed by atoms with E-state index in [1.54, 1.807) is 13.2 Å². The van der Waals surface area contributed by atoms with Crippen LogP contribution in [0.3, 0.4) is 0 Å². The van der Waals surface area contributed by atoms with Gasteiger partial charge in [0.25, 0.3) is 5.91 Å². The van der Waals surface area contributed by atoms with E-state index in [4.69, 9.17) is 4.74 Å². The molecule has 0 unspecified atom stereocenters. The molecule has 0 fully saturated rings. The highest BCUT2D eigenvalue weighted by atomic mass is 32.2. The molecule has 2 heterocycles. The number of methoxy groups -OCH3 is 1. The van der Waals surface area contributed by atoms with Crippen molar-refractivity contribution < 1.29 is 17.9 Å². The van der Waals surface area contributed by atoms with Crippen LogP contribution in [-0.4, -0.2) is 26.4 Å². The molecule has 0 spiro atoms. The van der Waals surface area contributed by atoms with E-state index in [-0.39, 0.29) is 17.3 Å². The van der Waals surface area contributed by atoms with Crippen LogP contribution in [0.5, 0.6) is 5.75 Å². The smallest absolute Gasteiger partial charge is 0.257 e. The highest BCUT2D eigenvalue weighted by Crippen LogP contribution is 2.32. The fourth-order valence-corrected chi connectivity index (χ4v) is 5.38. The van der Waals surface area contributed by atoms with Gasteiger partial charge in [0.2, 0.25) is 10.0 Å². The molecular weight excluding hydrogens is 442 g/mol. The lowest BCUT2D eigenvalue weighted by Crippen LogP contribution is -2.23. The van der Waals surface area contributed by atoms with Crippen molar-refractivity contribution in [1.29, 1.82) is 0 Å². The maximum atomic E-state index is 12.5. The summed E-state index contributed by atoms with van der Waals surface area (Å²) in [7, 11) is -2.10. The number of rotatable bonds is 7. The van der Waals surface area contributed by atoms with Gasteiger partial charge < -0.3 is 4.74 Å². The number of aromatic nitrogens is 1. The quantitative estimate of drug-likeness (QED) is 0.434. The molecule has 1 amide bonds. The summed E-state index contributed by atoms with van der Waals surface area (Å²) in [5, 5.41) is 5.08. The molecule has 0 aliphatic rings. The second-order valence-corrected chi connectivity index (χ2v) is 10.0. The van der Waals surface area contributed by atoms with Crippen LogP contribution in [0.25, 0.3) is 10.2 Å². The van der Waals surface area contributed by atoms with Gasteiger partial charge in [0.1, 0.15) is 11.3 Å². The van der Waals surface area contributed by atoms with Crippen LogP contribution in [0.1, 0.15) is 15.2 Å². The number of hydrogen-bond acceptors (Lipinski definition) is 7. The van der Waals surface area contributed by atoms with Crippen LogP contribution < -0.4 is 14.8 Å². The minimum absolute atomic E-state index is 0.0975. The Morgan fingerprint density at radius 3 is 2.60 bits per heavy atom. The van der Waals surface area contributed by atoms with E-state index in [1.807, 2.05) is 29.6 Å². The van der Waals surface area contributed by atoms with Gasteiger partial charge in [-0.25, -0.2) is 18.1 Å². The minimum atomic E-state index is -3.66. The maximum absolute atomic E-state index is 12.5. The lowest BCUT2D eigenvalue weighted by atomic mass is 10.2. The standard InChI is InChI=1S/C20H17N3O4S3/c1-27-16-5-2-6-17-18(16)22-20(29-17)23-19(24)13-7-9-15(10-8-13)30(25,26)21-12-14-4-3-11-28-14/h2-11,21H,12H2,1H3,(H,22,23,24). The second kappa shape index (κ2) is 8.52. The third-order valence-corrected chi connectivity index (χ3v) is 7.50. The number of sulfonamides is 1. The van der Waals surface area contributed by atoms with E-state index in [9.17, 15) is 13.2 Å². The summed E-state index contributed by atoms with van der Waals surface area (Å²) in [5.74, 6) is 0.261. The van der Waals surface area contributed by atoms with Gasteiger partial charge in [-0.05, 0) is 47.8 Å². The molecule has 0 atom stereocenters. The first-order valence-electron chi connectivity index (χ1n) is 8.83. The molecule has 154 valence electrons. The predicted octanol–water partition coefficient (Wildman–Crippen LogP) is 4.10. The summed E-state index contributed by atoms with van der Waals surface area (Å²) >= 11 is 2.81. The van der Waals surface area contributed by atoms with Gasteiger partial charge in [0.05, 0.1) is 16.7 Å². The monoisotopic (exact) mass is 459 g/mol. The Morgan fingerprint density at radius 1 is 1.10 bits per heavy atom. The number of ether oxygens (including phenoxy) is 1. The molecule has 2 aromatic heterocycles. The van der Waals surface area contributed by atoms with Crippen molar-refractivity contribution in [2.75, 3.05) is 12.4 Å². The minimum Gasteiger partial charge on any atom is -0.494 e. The Morgan fingerprint density at radius 2 is 1.90 bits per heavy atom. The second-order valence-electron chi connectivity index (χ2n) is 6.21. The highest BCUT2D eigenvalue weighted by Gasteiger charge is 2.16. The number of fused-ring (bicyclic) bond motifs is 1. The van der Waals surface area contributed by atoms with Crippen molar-refractivity contribution >= 4 is 54.0 Å². The number of amides is 1. The summed E-state index contributed by atoms with van der Waals surface area (Å²) in [6, 6.07) is 15.1. The average molecular weight is 460 g/mol. The first-order valence-corrected chi connectivity index (χ1v) is 12.0. The number of nitrogens with zero attached hydrogens (tertiary/aromatic N) is 1. The van der Waals surface area contributed by atoms with Crippen molar-refractivity contribution in [2.24, 2.45) is 0 Å². The van der Waals surface area contributed by atoms with Crippen molar-refractivity contribution in [1.82, 2.24) is 9.71 Å². The van der Waals surface area contributed by atoms with Crippen LogP contribution >= 0.6 is 22.7 Å². The molecule has 10 heteroatoms. The SMILES string of the molecule is COc1cccc2sc(NC(=O)c3ccc(S(=O)(=O)NCc4cccs4)cc3)nc12.